The van der Waals surface area contributed by atoms with Gasteiger partial charge in [-0.3, -0.25) is 4.79 Å². The number of fused-ring (bicyclic) bond motifs is 1. The number of carboxylic acids is 1. The summed E-state index contributed by atoms with van der Waals surface area (Å²) >= 11 is 0. The smallest absolute Gasteiger partial charge is 0.270 e. The minimum atomic E-state index is -1.20. The van der Waals surface area contributed by atoms with Gasteiger partial charge in [-0.2, -0.15) is 0 Å². The molecule has 20 heavy (non-hydrogen) atoms. The quantitative estimate of drug-likeness (QED) is 0.842. The molecule has 1 aromatic rings. The number of amides is 1. The zero-order chi connectivity index (χ0) is 14.2. The topological polar surface area (TPSA) is 87.1 Å². The number of hydrogen-bond acceptors (Lipinski definition) is 4. The number of carbonyl (C=O) groups excluding carboxylic acids is 2. The molecule has 1 saturated carbocycles. The molecule has 108 valence electrons. The van der Waals surface area contributed by atoms with Gasteiger partial charge in [-0.1, -0.05) is 12.8 Å². The second-order valence-electron chi connectivity index (χ2n) is 5.70. The van der Waals surface area contributed by atoms with Crippen molar-refractivity contribution in [2.24, 2.45) is 0 Å². The van der Waals surface area contributed by atoms with Crippen molar-refractivity contribution in [2.75, 3.05) is 0 Å². The van der Waals surface area contributed by atoms with Gasteiger partial charge in [-0.25, -0.2) is 4.98 Å². The summed E-state index contributed by atoms with van der Waals surface area (Å²) in [5.41, 5.74) is -0.733. The van der Waals surface area contributed by atoms with Gasteiger partial charge in [0.1, 0.15) is 11.5 Å². The van der Waals surface area contributed by atoms with Gasteiger partial charge in [-0.05, 0) is 25.7 Å². The number of nitrogens with one attached hydrogen (secondary N) is 1. The van der Waals surface area contributed by atoms with Crippen LogP contribution in [0.2, 0.25) is 0 Å². The molecule has 6 nitrogen and oxygen atoms in total. The van der Waals surface area contributed by atoms with E-state index >= 15 is 0 Å². The molecule has 0 saturated heterocycles. The standard InChI is InChI=1S/C14H19N3O3/c18-12(16-14(13(19)20)6-2-3-7-14)10-9-15-11-5-1-4-8-17(10)11/h9H,1-8H2,(H,16,18)(H,19,20)/p-1. The monoisotopic (exact) mass is 276 g/mol. The normalized spacial score (nSPS) is 20.4. The van der Waals surface area contributed by atoms with Crippen molar-refractivity contribution >= 4 is 11.9 Å². The maximum Gasteiger partial charge on any atom is 0.270 e. The molecule has 0 atom stereocenters. The van der Waals surface area contributed by atoms with Crippen LogP contribution >= 0.6 is 0 Å². The molecule has 1 N–H and O–H groups in total. The van der Waals surface area contributed by atoms with Gasteiger partial charge in [0.05, 0.1) is 17.7 Å². The van der Waals surface area contributed by atoms with Crippen molar-refractivity contribution < 1.29 is 14.7 Å². The van der Waals surface area contributed by atoms with Crippen LogP contribution in [0.4, 0.5) is 0 Å². The molecule has 1 amide bonds. The Morgan fingerprint density at radius 2 is 2.00 bits per heavy atom. The van der Waals surface area contributed by atoms with Crippen LogP contribution in [0.1, 0.15) is 54.8 Å². The summed E-state index contributed by atoms with van der Waals surface area (Å²) in [6.45, 7) is 0.774. The first kappa shape index (κ1) is 13.1. The van der Waals surface area contributed by atoms with E-state index in [-0.39, 0.29) is 5.91 Å². The number of imidazole rings is 1. The van der Waals surface area contributed by atoms with Crippen molar-refractivity contribution in [3.63, 3.8) is 0 Å². The molecule has 2 heterocycles. The van der Waals surface area contributed by atoms with Gasteiger partial charge in [0.25, 0.3) is 5.91 Å². The highest BCUT2D eigenvalue weighted by Gasteiger charge is 2.37. The molecule has 3 rings (SSSR count). The van der Waals surface area contributed by atoms with Crippen LogP contribution in [0.25, 0.3) is 0 Å². The van der Waals surface area contributed by atoms with E-state index in [0.29, 0.717) is 18.5 Å². The largest absolute Gasteiger partial charge is 0.548 e. The van der Waals surface area contributed by atoms with E-state index in [0.717, 1.165) is 44.5 Å². The fraction of sp³-hybridized carbons (Fsp3) is 0.643. The zero-order valence-corrected chi connectivity index (χ0v) is 11.4. The molecule has 2 aliphatic rings. The summed E-state index contributed by atoms with van der Waals surface area (Å²) in [7, 11) is 0. The van der Waals surface area contributed by atoms with E-state index in [4.69, 9.17) is 0 Å². The number of carbonyl (C=O) groups is 2. The minimum absolute atomic E-state index is 0.350. The van der Waals surface area contributed by atoms with Gasteiger partial charge >= 0.3 is 0 Å². The number of aliphatic carboxylic acids is 1. The first-order chi connectivity index (χ1) is 9.62. The van der Waals surface area contributed by atoms with Crippen LogP contribution in [-0.2, 0) is 17.8 Å². The number of rotatable bonds is 3. The lowest BCUT2D eigenvalue weighted by molar-refractivity contribution is -0.313. The Morgan fingerprint density at radius 3 is 2.70 bits per heavy atom. The number of aryl methyl sites for hydroxylation is 1. The van der Waals surface area contributed by atoms with Gasteiger partial charge in [0.2, 0.25) is 0 Å². The summed E-state index contributed by atoms with van der Waals surface area (Å²) in [6, 6.07) is 0. The fourth-order valence-corrected chi connectivity index (χ4v) is 3.24. The number of hydrogen-bond donors (Lipinski definition) is 1. The van der Waals surface area contributed by atoms with Gasteiger partial charge < -0.3 is 19.8 Å². The molecular formula is C14H18N3O3-. The van der Waals surface area contributed by atoms with Crippen LogP contribution in [0.3, 0.4) is 0 Å². The lowest BCUT2D eigenvalue weighted by atomic mass is 9.97. The Kier molecular flexibility index (Phi) is 3.23. The second kappa shape index (κ2) is 4.92. The molecule has 1 aromatic heterocycles. The Morgan fingerprint density at radius 1 is 1.25 bits per heavy atom. The highest BCUT2D eigenvalue weighted by atomic mass is 16.4. The van der Waals surface area contributed by atoms with Crippen LogP contribution in [-0.4, -0.2) is 27.0 Å². The van der Waals surface area contributed by atoms with Crippen molar-refractivity contribution in [3.8, 4) is 0 Å². The predicted octanol–water partition coefficient (Wildman–Crippen LogP) is 0.0119. The molecule has 0 spiro atoms. The molecule has 0 aromatic carbocycles. The SMILES string of the molecule is O=C(NC1(C(=O)[O-])CCCC1)c1cnc2n1CCCC2. The first-order valence-corrected chi connectivity index (χ1v) is 7.21. The molecular weight excluding hydrogens is 258 g/mol. The van der Waals surface area contributed by atoms with Crippen LogP contribution in [0, 0.1) is 0 Å². The summed E-state index contributed by atoms with van der Waals surface area (Å²) in [4.78, 5) is 28.0. The lowest BCUT2D eigenvalue weighted by Gasteiger charge is -2.31. The van der Waals surface area contributed by atoms with Gasteiger partial charge in [0, 0.05) is 13.0 Å². The van der Waals surface area contributed by atoms with Crippen molar-refractivity contribution in [2.45, 2.75) is 57.0 Å². The molecule has 0 radical (unpaired) electrons. The average Bonchev–Trinajstić information content (AvgIpc) is 3.05. The number of nitrogens with zero attached hydrogens (tertiary/aromatic N) is 2. The third-order valence-corrected chi connectivity index (χ3v) is 4.40. The first-order valence-electron chi connectivity index (χ1n) is 7.21. The van der Waals surface area contributed by atoms with Gasteiger partial charge in [0.15, 0.2) is 0 Å². The summed E-state index contributed by atoms with van der Waals surface area (Å²) in [6.07, 6.45) is 7.03. The van der Waals surface area contributed by atoms with E-state index in [9.17, 15) is 14.7 Å². The van der Waals surface area contributed by atoms with Crippen molar-refractivity contribution in [3.05, 3.63) is 17.7 Å². The van der Waals surface area contributed by atoms with Crippen LogP contribution in [0.15, 0.2) is 6.20 Å². The van der Waals surface area contributed by atoms with Crippen molar-refractivity contribution in [1.82, 2.24) is 14.9 Å². The Hall–Kier alpha value is -1.85. The molecule has 0 bridgehead atoms. The molecule has 1 aliphatic heterocycles. The average molecular weight is 276 g/mol. The highest BCUT2D eigenvalue weighted by molar-refractivity contribution is 5.96. The minimum Gasteiger partial charge on any atom is -0.548 e. The third-order valence-electron chi connectivity index (χ3n) is 4.40. The van der Waals surface area contributed by atoms with Crippen LogP contribution in [0.5, 0.6) is 0 Å². The zero-order valence-electron chi connectivity index (χ0n) is 11.4. The third kappa shape index (κ3) is 2.09. The molecule has 6 heteroatoms. The summed E-state index contributed by atoms with van der Waals surface area (Å²) in [5, 5.41) is 14.1. The Bertz CT molecular complexity index is 544. The maximum atomic E-state index is 12.4. The fourth-order valence-electron chi connectivity index (χ4n) is 3.24. The summed E-state index contributed by atoms with van der Waals surface area (Å²) in [5.74, 6) is -0.617. The number of carboxylic acid groups (broad SMARTS) is 1. The van der Waals surface area contributed by atoms with E-state index in [2.05, 4.69) is 10.3 Å². The highest BCUT2D eigenvalue weighted by Crippen LogP contribution is 2.29. The lowest BCUT2D eigenvalue weighted by Crippen LogP contribution is -2.58. The predicted molar refractivity (Wildman–Crippen MR) is 68.8 cm³/mol. The molecule has 1 fully saturated rings. The van der Waals surface area contributed by atoms with Crippen molar-refractivity contribution in [1.29, 1.82) is 0 Å². The second-order valence-corrected chi connectivity index (χ2v) is 5.70. The molecule has 0 unspecified atom stereocenters. The van der Waals surface area contributed by atoms with Gasteiger partial charge in [-0.15, -0.1) is 0 Å². The Labute approximate surface area is 117 Å². The number of aromatic nitrogens is 2. The maximum absolute atomic E-state index is 12.4. The van der Waals surface area contributed by atoms with Crippen LogP contribution < -0.4 is 10.4 Å². The summed E-state index contributed by atoms with van der Waals surface area (Å²) < 4.78 is 1.90. The van der Waals surface area contributed by atoms with E-state index in [1.807, 2.05) is 4.57 Å². The van der Waals surface area contributed by atoms with E-state index < -0.39 is 11.5 Å². The van der Waals surface area contributed by atoms with E-state index in [1.165, 1.54) is 0 Å². The Balaban J connectivity index is 1.82. The molecule has 1 aliphatic carbocycles. The van der Waals surface area contributed by atoms with E-state index in [1.54, 1.807) is 6.20 Å².